The second-order valence-corrected chi connectivity index (χ2v) is 6.19. The van der Waals surface area contributed by atoms with E-state index in [-0.39, 0.29) is 12.3 Å². The summed E-state index contributed by atoms with van der Waals surface area (Å²) in [6.45, 7) is 2.65. The van der Waals surface area contributed by atoms with Crippen LogP contribution < -0.4 is 5.32 Å². The van der Waals surface area contributed by atoms with Gasteiger partial charge in [0.1, 0.15) is 5.54 Å². The van der Waals surface area contributed by atoms with Crippen molar-refractivity contribution in [2.24, 2.45) is 0 Å². The molecule has 1 aromatic carbocycles. The van der Waals surface area contributed by atoms with Crippen LogP contribution in [-0.2, 0) is 14.3 Å². The summed E-state index contributed by atoms with van der Waals surface area (Å²) in [6, 6.07) is 7.10. The number of esters is 1. The van der Waals surface area contributed by atoms with E-state index in [9.17, 15) is 14.4 Å². The van der Waals surface area contributed by atoms with Crippen molar-refractivity contribution in [3.63, 3.8) is 0 Å². The quantitative estimate of drug-likeness (QED) is 0.573. The number of Topliss-reactive ketones (excluding diaryl/α,β-unsaturated/α-hetero) is 1. The Hall–Kier alpha value is -2.41. The van der Waals surface area contributed by atoms with Gasteiger partial charge in [0.05, 0.1) is 13.7 Å². The first-order valence-electron chi connectivity index (χ1n) is 8.35. The standard InChI is InChI=1S/C18H24N2O5/c1-3-15(21)13-6-4-5-7-14(13)19-18(17(24)25-2)8-10-20(11-9-18)12-16(22)23/h4-7,19H,3,8-12H2,1-2H3,(H,22,23). The third-order valence-corrected chi connectivity index (χ3v) is 4.57. The Bertz CT molecular complexity index is 651. The first-order valence-corrected chi connectivity index (χ1v) is 8.35. The number of hydrogen-bond donors (Lipinski definition) is 2. The van der Waals surface area contributed by atoms with Crippen molar-refractivity contribution in [1.82, 2.24) is 4.90 Å². The summed E-state index contributed by atoms with van der Waals surface area (Å²) >= 11 is 0. The predicted molar refractivity (Wildman–Crippen MR) is 92.7 cm³/mol. The average molecular weight is 348 g/mol. The summed E-state index contributed by atoms with van der Waals surface area (Å²) in [4.78, 5) is 37.3. The number of carboxylic acids is 1. The van der Waals surface area contributed by atoms with Gasteiger partial charge >= 0.3 is 11.9 Å². The van der Waals surface area contributed by atoms with Gasteiger partial charge in [0, 0.05) is 30.8 Å². The molecule has 1 heterocycles. The van der Waals surface area contributed by atoms with Crippen molar-refractivity contribution >= 4 is 23.4 Å². The molecule has 0 aliphatic carbocycles. The highest BCUT2D eigenvalue weighted by molar-refractivity contribution is 6.01. The maximum Gasteiger partial charge on any atom is 0.331 e. The molecule has 7 heteroatoms. The second-order valence-electron chi connectivity index (χ2n) is 6.19. The van der Waals surface area contributed by atoms with Gasteiger partial charge in [0.2, 0.25) is 0 Å². The number of carbonyl (C=O) groups is 3. The molecular weight excluding hydrogens is 324 g/mol. The van der Waals surface area contributed by atoms with E-state index in [2.05, 4.69) is 5.32 Å². The predicted octanol–water partition coefficient (Wildman–Crippen LogP) is 1.78. The van der Waals surface area contributed by atoms with Crippen LogP contribution in [0.4, 0.5) is 5.69 Å². The summed E-state index contributed by atoms with van der Waals surface area (Å²) in [5, 5.41) is 12.2. The summed E-state index contributed by atoms with van der Waals surface area (Å²) in [5.41, 5.74) is 0.182. The maximum atomic E-state index is 12.5. The van der Waals surface area contributed by atoms with Crippen molar-refractivity contribution in [1.29, 1.82) is 0 Å². The number of carboxylic acid groups (broad SMARTS) is 1. The Morgan fingerprint density at radius 3 is 2.44 bits per heavy atom. The van der Waals surface area contributed by atoms with Gasteiger partial charge in [0.25, 0.3) is 0 Å². The van der Waals surface area contributed by atoms with Crippen LogP contribution in [0, 0.1) is 0 Å². The van der Waals surface area contributed by atoms with Crippen molar-refractivity contribution < 1.29 is 24.2 Å². The fourth-order valence-electron chi connectivity index (χ4n) is 3.14. The molecule has 136 valence electrons. The smallest absolute Gasteiger partial charge is 0.331 e. The lowest BCUT2D eigenvalue weighted by Crippen LogP contribution is -2.55. The monoisotopic (exact) mass is 348 g/mol. The number of aliphatic carboxylic acids is 1. The molecule has 0 atom stereocenters. The number of carbonyl (C=O) groups excluding carboxylic acids is 2. The average Bonchev–Trinajstić information content (AvgIpc) is 2.62. The van der Waals surface area contributed by atoms with Gasteiger partial charge in [-0.2, -0.15) is 0 Å². The molecule has 2 N–H and O–H groups in total. The fourth-order valence-corrected chi connectivity index (χ4v) is 3.14. The molecule has 7 nitrogen and oxygen atoms in total. The molecule has 0 saturated carbocycles. The van der Waals surface area contributed by atoms with E-state index in [1.54, 1.807) is 36.1 Å². The number of ketones is 1. The van der Waals surface area contributed by atoms with E-state index in [1.807, 2.05) is 0 Å². The number of nitrogens with zero attached hydrogens (tertiary/aromatic N) is 1. The largest absolute Gasteiger partial charge is 0.480 e. The van der Waals surface area contributed by atoms with Gasteiger partial charge in [0.15, 0.2) is 5.78 Å². The summed E-state index contributed by atoms with van der Waals surface area (Å²) < 4.78 is 4.99. The molecule has 0 bridgehead atoms. The Morgan fingerprint density at radius 1 is 1.24 bits per heavy atom. The van der Waals surface area contributed by atoms with E-state index in [0.717, 1.165) is 0 Å². The zero-order valence-corrected chi connectivity index (χ0v) is 14.6. The molecule has 1 aromatic rings. The number of likely N-dealkylation sites (tertiary alicyclic amines) is 1. The zero-order valence-electron chi connectivity index (χ0n) is 14.6. The van der Waals surface area contributed by atoms with Crippen LogP contribution in [0.15, 0.2) is 24.3 Å². The topological polar surface area (TPSA) is 95.9 Å². The number of hydrogen-bond acceptors (Lipinski definition) is 6. The van der Waals surface area contributed by atoms with E-state index >= 15 is 0 Å². The normalized spacial score (nSPS) is 16.9. The fraction of sp³-hybridized carbons (Fsp3) is 0.500. The second kappa shape index (κ2) is 8.11. The Labute approximate surface area is 147 Å². The molecule has 0 unspecified atom stereocenters. The van der Waals surface area contributed by atoms with Gasteiger partial charge in [-0.15, -0.1) is 0 Å². The lowest BCUT2D eigenvalue weighted by atomic mass is 9.86. The summed E-state index contributed by atoms with van der Waals surface area (Å²) in [5.74, 6) is -1.30. The molecule has 1 saturated heterocycles. The first-order chi connectivity index (χ1) is 11.9. The van der Waals surface area contributed by atoms with Gasteiger partial charge in [-0.3, -0.25) is 14.5 Å². The number of nitrogens with one attached hydrogen (secondary N) is 1. The van der Waals surface area contributed by atoms with Crippen LogP contribution in [0.25, 0.3) is 0 Å². The zero-order chi connectivity index (χ0) is 18.4. The molecule has 1 aliphatic rings. The molecular formula is C18H24N2O5. The number of ether oxygens (including phenoxy) is 1. The van der Waals surface area contributed by atoms with Crippen molar-refractivity contribution in [3.8, 4) is 0 Å². The third kappa shape index (κ3) is 4.36. The number of benzene rings is 1. The minimum absolute atomic E-state index is 0.00794. The van der Waals surface area contributed by atoms with Gasteiger partial charge in [-0.1, -0.05) is 19.1 Å². The van der Waals surface area contributed by atoms with Crippen LogP contribution in [0.2, 0.25) is 0 Å². The van der Waals surface area contributed by atoms with Crippen LogP contribution in [0.3, 0.4) is 0 Å². The van der Waals surface area contributed by atoms with E-state index < -0.39 is 17.5 Å². The molecule has 0 radical (unpaired) electrons. The highest BCUT2D eigenvalue weighted by Crippen LogP contribution is 2.30. The lowest BCUT2D eigenvalue weighted by Gasteiger charge is -2.40. The maximum absolute atomic E-state index is 12.5. The SMILES string of the molecule is CCC(=O)c1ccccc1NC1(C(=O)OC)CCN(CC(=O)O)CC1. The molecule has 1 aliphatic heterocycles. The van der Waals surface area contributed by atoms with E-state index in [4.69, 9.17) is 9.84 Å². The third-order valence-electron chi connectivity index (χ3n) is 4.57. The van der Waals surface area contributed by atoms with Crippen molar-refractivity contribution in [2.45, 2.75) is 31.7 Å². The highest BCUT2D eigenvalue weighted by Gasteiger charge is 2.43. The van der Waals surface area contributed by atoms with E-state index in [1.165, 1.54) is 7.11 Å². The number of anilines is 1. The molecule has 0 spiro atoms. The van der Waals surface area contributed by atoms with Crippen LogP contribution in [0.5, 0.6) is 0 Å². The number of para-hydroxylation sites is 1. The van der Waals surface area contributed by atoms with Crippen molar-refractivity contribution in [2.75, 3.05) is 32.1 Å². The van der Waals surface area contributed by atoms with Crippen LogP contribution >= 0.6 is 0 Å². The molecule has 1 fully saturated rings. The van der Waals surface area contributed by atoms with E-state index in [0.29, 0.717) is 43.6 Å². The van der Waals surface area contributed by atoms with Gasteiger partial charge in [-0.25, -0.2) is 4.79 Å². The Kier molecular flexibility index (Phi) is 6.14. The number of piperidine rings is 1. The molecule has 25 heavy (non-hydrogen) atoms. The number of rotatable bonds is 7. The van der Waals surface area contributed by atoms with Crippen LogP contribution in [0.1, 0.15) is 36.5 Å². The molecule has 0 aromatic heterocycles. The minimum atomic E-state index is -0.964. The Morgan fingerprint density at radius 2 is 1.88 bits per heavy atom. The number of methoxy groups -OCH3 is 1. The van der Waals surface area contributed by atoms with Crippen LogP contribution in [-0.4, -0.2) is 60.0 Å². The van der Waals surface area contributed by atoms with Crippen molar-refractivity contribution in [3.05, 3.63) is 29.8 Å². The van der Waals surface area contributed by atoms with Gasteiger partial charge in [-0.05, 0) is 25.0 Å². The summed E-state index contributed by atoms with van der Waals surface area (Å²) in [6.07, 6.45) is 1.18. The van der Waals surface area contributed by atoms with Gasteiger partial charge < -0.3 is 15.2 Å². The highest BCUT2D eigenvalue weighted by atomic mass is 16.5. The molecule has 0 amide bonds. The Balaban J connectivity index is 2.25. The summed E-state index contributed by atoms with van der Waals surface area (Å²) in [7, 11) is 1.33. The molecule has 2 rings (SSSR count). The lowest BCUT2D eigenvalue weighted by molar-refractivity contribution is -0.148. The minimum Gasteiger partial charge on any atom is -0.480 e. The first kappa shape index (κ1) is 18.9.